The Hall–Kier alpha value is -0.410. The van der Waals surface area contributed by atoms with Gasteiger partial charge in [-0.1, -0.05) is 13.8 Å². The van der Waals surface area contributed by atoms with Crippen LogP contribution in [0.25, 0.3) is 0 Å². The fraction of sp³-hybridized carbons (Fsp3) is 0.750. The number of hydrogen-bond acceptors (Lipinski definition) is 4. The lowest BCUT2D eigenvalue weighted by atomic mass is 9.98. The zero-order chi connectivity index (χ0) is 16.6. The second kappa shape index (κ2) is 11.2. The molecule has 1 heterocycles. The molecule has 0 aromatic carbocycles. The first-order valence-corrected chi connectivity index (χ1v) is 8.93. The highest BCUT2D eigenvalue weighted by Crippen LogP contribution is 2.16. The molecule has 23 heavy (non-hydrogen) atoms. The van der Waals surface area contributed by atoms with E-state index in [1.54, 1.807) is 11.3 Å². The topological polar surface area (TPSA) is 69.5 Å². The van der Waals surface area contributed by atoms with Crippen molar-refractivity contribution in [1.82, 2.24) is 15.6 Å². The molecule has 0 amide bonds. The lowest BCUT2D eigenvalue weighted by molar-refractivity contribution is 0.0418. The average molecular weight is 454 g/mol. The summed E-state index contributed by atoms with van der Waals surface area (Å²) in [5, 5.41) is 18.0. The van der Waals surface area contributed by atoms with Crippen LogP contribution in [0, 0.1) is 13.8 Å². The van der Waals surface area contributed by atoms with Gasteiger partial charge in [-0.25, -0.2) is 4.98 Å². The van der Waals surface area contributed by atoms with Crippen LogP contribution in [0.15, 0.2) is 4.99 Å². The van der Waals surface area contributed by atoms with Crippen LogP contribution >= 0.6 is 35.3 Å². The third-order valence-electron chi connectivity index (χ3n) is 3.90. The van der Waals surface area contributed by atoms with Gasteiger partial charge in [0.1, 0.15) is 0 Å². The first-order chi connectivity index (χ1) is 10.4. The van der Waals surface area contributed by atoms with E-state index < -0.39 is 5.60 Å². The fourth-order valence-corrected chi connectivity index (χ4v) is 2.91. The minimum Gasteiger partial charge on any atom is -0.388 e. The number of aliphatic imine (C=N–C) groups is 1. The summed E-state index contributed by atoms with van der Waals surface area (Å²) >= 11 is 1.75. The average Bonchev–Trinajstić information content (AvgIpc) is 2.83. The number of aromatic nitrogens is 1. The summed E-state index contributed by atoms with van der Waals surface area (Å²) in [6, 6.07) is 0. The molecule has 1 rings (SSSR count). The smallest absolute Gasteiger partial charge is 0.191 e. The van der Waals surface area contributed by atoms with Gasteiger partial charge in [0, 0.05) is 24.4 Å². The summed E-state index contributed by atoms with van der Waals surface area (Å²) in [6.07, 6.45) is 2.31. The quantitative estimate of drug-likeness (QED) is 0.321. The summed E-state index contributed by atoms with van der Waals surface area (Å²) in [5.74, 6) is 0.757. The molecule has 0 fully saturated rings. The fourth-order valence-electron chi connectivity index (χ4n) is 1.98. The minimum atomic E-state index is -0.702. The molecule has 1 aromatic rings. The Kier molecular flexibility index (Phi) is 11.0. The van der Waals surface area contributed by atoms with Crippen LogP contribution in [0.5, 0.6) is 0 Å². The van der Waals surface area contributed by atoms with Gasteiger partial charge >= 0.3 is 0 Å². The molecule has 0 aliphatic rings. The SMILES string of the molecule is CCNC(=NCC(O)(CC)CC)NCCc1nc(C)c(C)s1.I. The maximum atomic E-state index is 10.3. The Balaban J connectivity index is 0.00000484. The number of hydrogen-bond donors (Lipinski definition) is 3. The normalized spacial score (nSPS) is 12.0. The van der Waals surface area contributed by atoms with Gasteiger partial charge in [-0.15, -0.1) is 35.3 Å². The lowest BCUT2D eigenvalue weighted by Crippen LogP contribution is -2.40. The van der Waals surface area contributed by atoms with E-state index in [9.17, 15) is 5.11 Å². The van der Waals surface area contributed by atoms with Gasteiger partial charge in [0.25, 0.3) is 0 Å². The number of halogens is 1. The number of guanidine groups is 1. The molecule has 1 aromatic heterocycles. The van der Waals surface area contributed by atoms with Crippen LogP contribution < -0.4 is 10.6 Å². The van der Waals surface area contributed by atoms with Gasteiger partial charge in [-0.05, 0) is 33.6 Å². The van der Waals surface area contributed by atoms with E-state index >= 15 is 0 Å². The number of nitrogens with one attached hydrogen (secondary N) is 2. The summed E-state index contributed by atoms with van der Waals surface area (Å²) in [5.41, 5.74) is 0.419. The highest BCUT2D eigenvalue weighted by molar-refractivity contribution is 14.0. The molecule has 0 spiro atoms. The van der Waals surface area contributed by atoms with E-state index in [1.807, 2.05) is 27.7 Å². The Labute approximate surface area is 161 Å². The number of aliphatic hydroxyl groups is 1. The predicted octanol–water partition coefficient (Wildman–Crippen LogP) is 3.03. The number of thiazole rings is 1. The second-order valence-electron chi connectivity index (χ2n) is 5.55. The molecule has 5 nitrogen and oxygen atoms in total. The molecule has 0 saturated carbocycles. The van der Waals surface area contributed by atoms with Crippen LogP contribution in [0.2, 0.25) is 0 Å². The van der Waals surface area contributed by atoms with Crippen LogP contribution in [-0.2, 0) is 6.42 Å². The molecule has 0 atom stereocenters. The van der Waals surface area contributed by atoms with Crippen molar-refractivity contribution in [3.8, 4) is 0 Å². The van der Waals surface area contributed by atoms with Gasteiger partial charge in [-0.2, -0.15) is 0 Å². The molecule has 0 aliphatic carbocycles. The zero-order valence-corrected chi connectivity index (χ0v) is 18.0. The molecule has 134 valence electrons. The van der Waals surface area contributed by atoms with E-state index in [0.717, 1.165) is 36.2 Å². The van der Waals surface area contributed by atoms with Crippen molar-refractivity contribution < 1.29 is 5.11 Å². The van der Waals surface area contributed by atoms with Crippen molar-refractivity contribution in [3.05, 3.63) is 15.6 Å². The van der Waals surface area contributed by atoms with E-state index in [1.165, 1.54) is 4.88 Å². The lowest BCUT2D eigenvalue weighted by Gasteiger charge is -2.23. The Morgan fingerprint density at radius 1 is 1.22 bits per heavy atom. The predicted molar refractivity (Wildman–Crippen MR) is 110 cm³/mol. The van der Waals surface area contributed by atoms with Crippen LogP contribution in [0.1, 0.15) is 49.2 Å². The van der Waals surface area contributed by atoms with Gasteiger partial charge in [0.15, 0.2) is 5.96 Å². The van der Waals surface area contributed by atoms with Crippen molar-refractivity contribution in [2.24, 2.45) is 4.99 Å². The Bertz CT molecular complexity index is 467. The highest BCUT2D eigenvalue weighted by Gasteiger charge is 2.21. The number of nitrogens with zero attached hydrogens (tertiary/aromatic N) is 2. The van der Waals surface area contributed by atoms with Crippen LogP contribution in [0.4, 0.5) is 0 Å². The molecule has 0 saturated heterocycles. The van der Waals surface area contributed by atoms with Crippen molar-refractivity contribution in [3.63, 3.8) is 0 Å². The van der Waals surface area contributed by atoms with Crippen molar-refractivity contribution in [2.45, 2.75) is 59.5 Å². The van der Waals surface area contributed by atoms with Crippen molar-refractivity contribution >= 4 is 41.3 Å². The van der Waals surface area contributed by atoms with E-state index in [0.29, 0.717) is 19.4 Å². The maximum absolute atomic E-state index is 10.3. The molecule has 0 aliphatic heterocycles. The summed E-state index contributed by atoms with van der Waals surface area (Å²) < 4.78 is 0. The van der Waals surface area contributed by atoms with Gasteiger partial charge in [0.2, 0.25) is 0 Å². The van der Waals surface area contributed by atoms with E-state index in [4.69, 9.17) is 0 Å². The first-order valence-electron chi connectivity index (χ1n) is 8.11. The van der Waals surface area contributed by atoms with Gasteiger partial charge in [0.05, 0.1) is 22.8 Å². The molecule has 3 N–H and O–H groups in total. The molecular weight excluding hydrogens is 423 g/mol. The monoisotopic (exact) mass is 454 g/mol. The van der Waals surface area contributed by atoms with E-state index in [-0.39, 0.29) is 24.0 Å². The molecule has 0 radical (unpaired) electrons. The minimum absolute atomic E-state index is 0. The van der Waals surface area contributed by atoms with Gasteiger partial charge in [-0.3, -0.25) is 4.99 Å². The van der Waals surface area contributed by atoms with Crippen molar-refractivity contribution in [2.75, 3.05) is 19.6 Å². The molecular formula is C16H31IN4OS. The largest absolute Gasteiger partial charge is 0.388 e. The number of rotatable bonds is 8. The van der Waals surface area contributed by atoms with Crippen molar-refractivity contribution in [1.29, 1.82) is 0 Å². The third kappa shape index (κ3) is 7.80. The van der Waals surface area contributed by atoms with Crippen LogP contribution in [-0.4, -0.2) is 41.3 Å². The zero-order valence-electron chi connectivity index (χ0n) is 14.9. The number of aryl methyl sites for hydroxylation is 2. The van der Waals surface area contributed by atoms with Gasteiger partial charge < -0.3 is 15.7 Å². The van der Waals surface area contributed by atoms with E-state index in [2.05, 4.69) is 27.5 Å². The summed E-state index contributed by atoms with van der Waals surface area (Å²) in [4.78, 5) is 10.3. The first kappa shape index (κ1) is 22.6. The summed E-state index contributed by atoms with van der Waals surface area (Å²) in [7, 11) is 0. The molecule has 0 bridgehead atoms. The standard InChI is InChI=1S/C16H30N4OS.HI/c1-6-16(21,7-2)11-19-15(17-8-3)18-10-9-14-20-12(4)13(5)22-14;/h21H,6-11H2,1-5H3,(H2,17,18,19);1H. The highest BCUT2D eigenvalue weighted by atomic mass is 127. The molecule has 7 heteroatoms. The second-order valence-corrected chi connectivity index (χ2v) is 6.84. The summed E-state index contributed by atoms with van der Waals surface area (Å²) in [6.45, 7) is 12.2. The Morgan fingerprint density at radius 2 is 1.87 bits per heavy atom. The third-order valence-corrected chi connectivity index (χ3v) is 5.03. The van der Waals surface area contributed by atoms with Crippen LogP contribution in [0.3, 0.4) is 0 Å². The molecule has 0 unspecified atom stereocenters. The Morgan fingerprint density at radius 3 is 2.35 bits per heavy atom. The maximum Gasteiger partial charge on any atom is 0.191 e.